The van der Waals surface area contributed by atoms with Crippen LogP contribution < -0.4 is 4.74 Å². The maximum Gasteiger partial charge on any atom is 0.401 e. The van der Waals surface area contributed by atoms with Gasteiger partial charge in [-0.05, 0) is 30.7 Å². The summed E-state index contributed by atoms with van der Waals surface area (Å²) in [4.78, 5) is 1.17. The maximum absolute atomic E-state index is 12.4. The summed E-state index contributed by atoms with van der Waals surface area (Å²) < 4.78 is 42.5. The first-order chi connectivity index (χ1) is 9.85. The van der Waals surface area contributed by atoms with Crippen LogP contribution in [0.1, 0.15) is 31.9 Å². The van der Waals surface area contributed by atoms with E-state index in [1.807, 2.05) is 6.92 Å². The van der Waals surface area contributed by atoms with Crippen LogP contribution in [0.25, 0.3) is 0 Å². The maximum atomic E-state index is 12.4. The van der Waals surface area contributed by atoms with Crippen molar-refractivity contribution in [3.8, 4) is 5.75 Å². The van der Waals surface area contributed by atoms with Crippen molar-refractivity contribution in [1.82, 2.24) is 4.90 Å². The summed E-state index contributed by atoms with van der Waals surface area (Å²) in [6, 6.07) is 6.79. The molecule has 0 amide bonds. The summed E-state index contributed by atoms with van der Waals surface area (Å²) in [6.45, 7) is 3.41. The van der Waals surface area contributed by atoms with Gasteiger partial charge in [0.2, 0.25) is 0 Å². The molecule has 1 aromatic rings. The predicted molar refractivity (Wildman–Crippen MR) is 75.4 cm³/mol. The molecule has 1 atom stereocenters. The van der Waals surface area contributed by atoms with E-state index in [4.69, 9.17) is 4.74 Å². The minimum atomic E-state index is -4.26. The van der Waals surface area contributed by atoms with Gasteiger partial charge in [-0.3, -0.25) is 4.90 Å². The molecule has 1 rings (SSSR count). The summed E-state index contributed by atoms with van der Waals surface area (Å²) in [5.74, 6) is 0.690. The van der Waals surface area contributed by atoms with E-state index in [-0.39, 0.29) is 13.1 Å². The zero-order valence-electron chi connectivity index (χ0n) is 12.4. The van der Waals surface area contributed by atoms with Gasteiger partial charge in [0.1, 0.15) is 5.75 Å². The van der Waals surface area contributed by atoms with Crippen LogP contribution in [-0.2, 0) is 0 Å². The topological polar surface area (TPSA) is 32.7 Å². The molecule has 0 saturated carbocycles. The molecular weight excluding hydrogens is 283 g/mol. The largest absolute Gasteiger partial charge is 0.494 e. The Hall–Kier alpha value is -1.27. The van der Waals surface area contributed by atoms with Crippen LogP contribution in [0, 0.1) is 0 Å². The van der Waals surface area contributed by atoms with E-state index in [0.717, 1.165) is 6.42 Å². The average Bonchev–Trinajstić information content (AvgIpc) is 2.43. The van der Waals surface area contributed by atoms with Gasteiger partial charge in [-0.1, -0.05) is 26.0 Å². The number of aliphatic hydroxyl groups excluding tert-OH is 1. The zero-order valence-corrected chi connectivity index (χ0v) is 12.4. The second-order valence-electron chi connectivity index (χ2n) is 4.88. The molecule has 1 unspecified atom stereocenters. The second kappa shape index (κ2) is 8.24. The number of benzene rings is 1. The molecule has 0 aliphatic heterocycles. The molecule has 0 fully saturated rings. The first-order valence-electron chi connectivity index (χ1n) is 7.05. The number of alkyl halides is 3. The molecule has 0 spiro atoms. The summed E-state index contributed by atoms with van der Waals surface area (Å²) in [7, 11) is 0. The Morgan fingerprint density at radius 2 is 1.81 bits per heavy atom. The van der Waals surface area contributed by atoms with Crippen LogP contribution in [0.15, 0.2) is 24.3 Å². The van der Waals surface area contributed by atoms with Crippen LogP contribution in [0.3, 0.4) is 0 Å². The molecular formula is C15H22F3NO2. The summed E-state index contributed by atoms with van der Waals surface area (Å²) >= 11 is 0. The number of nitrogens with zero attached hydrogens (tertiary/aromatic N) is 1. The molecule has 3 nitrogen and oxygen atoms in total. The lowest BCUT2D eigenvalue weighted by Crippen LogP contribution is -2.36. The fraction of sp³-hybridized carbons (Fsp3) is 0.600. The van der Waals surface area contributed by atoms with Crippen LogP contribution in [0.5, 0.6) is 5.75 Å². The summed E-state index contributed by atoms with van der Waals surface area (Å²) in [5, 5.41) is 10.0. The number of hydrogen-bond donors (Lipinski definition) is 1. The van der Waals surface area contributed by atoms with Crippen LogP contribution >= 0.6 is 0 Å². The van der Waals surface area contributed by atoms with Crippen LogP contribution in [0.2, 0.25) is 0 Å². The van der Waals surface area contributed by atoms with Crippen molar-refractivity contribution in [3.63, 3.8) is 0 Å². The quantitative estimate of drug-likeness (QED) is 0.799. The molecule has 0 radical (unpaired) electrons. The Morgan fingerprint density at radius 1 is 1.19 bits per heavy atom. The highest BCUT2D eigenvalue weighted by Crippen LogP contribution is 2.21. The van der Waals surface area contributed by atoms with E-state index in [2.05, 4.69) is 0 Å². The zero-order chi connectivity index (χ0) is 15.9. The number of aliphatic hydroxyl groups is 1. The van der Waals surface area contributed by atoms with E-state index < -0.39 is 18.8 Å². The second-order valence-corrected chi connectivity index (χ2v) is 4.88. The molecule has 0 aromatic heterocycles. The monoisotopic (exact) mass is 305 g/mol. The highest BCUT2D eigenvalue weighted by Gasteiger charge is 2.30. The lowest BCUT2D eigenvalue weighted by molar-refractivity contribution is -0.148. The smallest absolute Gasteiger partial charge is 0.401 e. The first kappa shape index (κ1) is 17.8. The summed E-state index contributed by atoms with van der Waals surface area (Å²) in [5.41, 5.74) is 0.583. The van der Waals surface area contributed by atoms with Crippen molar-refractivity contribution < 1.29 is 23.0 Å². The van der Waals surface area contributed by atoms with Crippen molar-refractivity contribution in [2.24, 2.45) is 0 Å². The van der Waals surface area contributed by atoms with Gasteiger partial charge in [0.05, 0.1) is 19.3 Å². The highest BCUT2D eigenvalue weighted by atomic mass is 19.4. The standard InChI is InChI=1S/C15H22F3NO2/c1-3-9-21-13-7-5-12(6-8-13)14(20)10-19(4-2)11-15(16,17)18/h5-8,14,20H,3-4,9-11H2,1-2H3. The van der Waals surface area contributed by atoms with Gasteiger partial charge in [0, 0.05) is 6.54 Å². The first-order valence-corrected chi connectivity index (χ1v) is 7.05. The lowest BCUT2D eigenvalue weighted by Gasteiger charge is -2.24. The van der Waals surface area contributed by atoms with Gasteiger partial charge >= 0.3 is 6.18 Å². The molecule has 120 valence electrons. The van der Waals surface area contributed by atoms with Gasteiger partial charge in [0.15, 0.2) is 0 Å². The van der Waals surface area contributed by atoms with Crippen LogP contribution in [-0.4, -0.2) is 42.4 Å². The third-order valence-electron chi connectivity index (χ3n) is 3.02. The van der Waals surface area contributed by atoms with E-state index in [9.17, 15) is 18.3 Å². The van der Waals surface area contributed by atoms with Gasteiger partial charge in [-0.25, -0.2) is 0 Å². The van der Waals surface area contributed by atoms with Crippen molar-refractivity contribution in [3.05, 3.63) is 29.8 Å². The molecule has 21 heavy (non-hydrogen) atoms. The Balaban J connectivity index is 2.59. The average molecular weight is 305 g/mol. The van der Waals surface area contributed by atoms with E-state index in [1.165, 1.54) is 4.90 Å². The predicted octanol–water partition coefficient (Wildman–Crippen LogP) is 3.39. The number of halogens is 3. The van der Waals surface area contributed by atoms with Crippen molar-refractivity contribution >= 4 is 0 Å². The lowest BCUT2D eigenvalue weighted by atomic mass is 10.1. The molecule has 0 saturated heterocycles. The molecule has 6 heteroatoms. The van der Waals surface area contributed by atoms with Gasteiger partial charge in [-0.15, -0.1) is 0 Å². The van der Waals surface area contributed by atoms with Crippen molar-refractivity contribution in [1.29, 1.82) is 0 Å². The fourth-order valence-corrected chi connectivity index (χ4v) is 1.92. The van der Waals surface area contributed by atoms with E-state index in [0.29, 0.717) is 17.9 Å². The summed E-state index contributed by atoms with van der Waals surface area (Å²) in [6.07, 6.45) is -4.31. The Morgan fingerprint density at radius 3 is 2.29 bits per heavy atom. The minimum Gasteiger partial charge on any atom is -0.494 e. The Labute approximate surface area is 123 Å². The third-order valence-corrected chi connectivity index (χ3v) is 3.02. The number of rotatable bonds is 8. The van der Waals surface area contributed by atoms with E-state index >= 15 is 0 Å². The van der Waals surface area contributed by atoms with Crippen LogP contribution in [0.4, 0.5) is 13.2 Å². The van der Waals surface area contributed by atoms with Crippen molar-refractivity contribution in [2.45, 2.75) is 32.5 Å². The molecule has 0 heterocycles. The van der Waals surface area contributed by atoms with E-state index in [1.54, 1.807) is 31.2 Å². The van der Waals surface area contributed by atoms with Gasteiger partial charge in [-0.2, -0.15) is 13.2 Å². The Bertz CT molecular complexity index is 406. The van der Waals surface area contributed by atoms with Gasteiger partial charge < -0.3 is 9.84 Å². The normalized spacial score (nSPS) is 13.5. The van der Waals surface area contributed by atoms with Crippen molar-refractivity contribution in [2.75, 3.05) is 26.2 Å². The number of hydrogen-bond acceptors (Lipinski definition) is 3. The Kier molecular flexibility index (Phi) is 6.98. The molecule has 1 aromatic carbocycles. The SMILES string of the molecule is CCCOc1ccc(C(O)CN(CC)CC(F)(F)F)cc1. The molecule has 0 aliphatic carbocycles. The number of likely N-dealkylation sites (N-methyl/N-ethyl adjacent to an activating group) is 1. The molecule has 0 aliphatic rings. The third kappa shape index (κ3) is 6.82. The minimum absolute atomic E-state index is 0.0504. The molecule has 1 N–H and O–H groups in total. The van der Waals surface area contributed by atoms with Gasteiger partial charge in [0.25, 0.3) is 0 Å². The highest BCUT2D eigenvalue weighted by molar-refractivity contribution is 5.28. The number of ether oxygens (including phenoxy) is 1. The molecule has 0 bridgehead atoms. The fourth-order valence-electron chi connectivity index (χ4n) is 1.92.